The van der Waals surface area contributed by atoms with E-state index in [1.165, 1.54) is 11.3 Å². The topological polar surface area (TPSA) is 59.2 Å². The van der Waals surface area contributed by atoms with Gasteiger partial charge in [-0.2, -0.15) is 0 Å². The molecule has 1 aromatic heterocycles. The second-order valence-corrected chi connectivity index (χ2v) is 4.14. The maximum atomic E-state index is 11.7. The van der Waals surface area contributed by atoms with Gasteiger partial charge in [0.2, 0.25) is 0 Å². The summed E-state index contributed by atoms with van der Waals surface area (Å²) >= 11 is 1.28. The molecule has 1 aromatic rings. The summed E-state index contributed by atoms with van der Waals surface area (Å²) in [5, 5.41) is 0.473. The zero-order chi connectivity index (χ0) is 9.42. The van der Waals surface area contributed by atoms with Crippen LogP contribution in [0.2, 0.25) is 0 Å². The van der Waals surface area contributed by atoms with Gasteiger partial charge in [0.1, 0.15) is 4.88 Å². The molecule has 1 amide bonds. The Balaban J connectivity index is 2.23. The summed E-state index contributed by atoms with van der Waals surface area (Å²) < 4.78 is 0. The molecule has 0 spiro atoms. The van der Waals surface area contributed by atoms with Gasteiger partial charge >= 0.3 is 0 Å². The molecule has 0 bridgehead atoms. The molecule has 0 aromatic carbocycles. The molecule has 2 N–H and O–H groups in total. The molecule has 4 nitrogen and oxygen atoms in total. The van der Waals surface area contributed by atoms with Gasteiger partial charge < -0.3 is 10.6 Å². The summed E-state index contributed by atoms with van der Waals surface area (Å²) in [5.41, 5.74) is 6.26. The number of carbonyl (C=O) groups excluding carboxylic acids is 1. The minimum atomic E-state index is 0.0814. The van der Waals surface area contributed by atoms with E-state index in [1.807, 2.05) is 11.8 Å². The van der Waals surface area contributed by atoms with E-state index < -0.39 is 0 Å². The number of nitrogens with two attached hydrogens (primary N) is 1. The van der Waals surface area contributed by atoms with Crippen molar-refractivity contribution in [2.75, 3.05) is 18.8 Å². The van der Waals surface area contributed by atoms with Gasteiger partial charge in [0.25, 0.3) is 5.91 Å². The number of aryl methyl sites for hydroxylation is 1. The lowest BCUT2D eigenvalue weighted by molar-refractivity contribution is 0.0656. The Morgan fingerprint density at radius 3 is 2.69 bits per heavy atom. The van der Waals surface area contributed by atoms with Crippen LogP contribution in [-0.2, 0) is 0 Å². The Bertz CT molecular complexity index is 343. The number of likely N-dealkylation sites (tertiary alicyclic amines) is 1. The first-order valence-electron chi connectivity index (χ1n) is 4.20. The molecule has 2 rings (SSSR count). The molecule has 70 valence electrons. The first kappa shape index (κ1) is 8.50. The Morgan fingerprint density at radius 1 is 1.62 bits per heavy atom. The van der Waals surface area contributed by atoms with Gasteiger partial charge in [-0.15, -0.1) is 0 Å². The summed E-state index contributed by atoms with van der Waals surface area (Å²) in [5.74, 6) is 0.0814. The zero-order valence-electron chi connectivity index (χ0n) is 7.41. The monoisotopic (exact) mass is 197 g/mol. The van der Waals surface area contributed by atoms with E-state index in [4.69, 9.17) is 5.73 Å². The van der Waals surface area contributed by atoms with Crippen molar-refractivity contribution < 1.29 is 4.79 Å². The van der Waals surface area contributed by atoms with Gasteiger partial charge in [-0.05, 0) is 13.3 Å². The highest BCUT2D eigenvalue weighted by Crippen LogP contribution is 2.23. The van der Waals surface area contributed by atoms with Gasteiger partial charge in [0.05, 0.1) is 5.69 Å². The maximum absolute atomic E-state index is 11.7. The minimum Gasteiger partial charge on any atom is -0.375 e. The van der Waals surface area contributed by atoms with Crippen LogP contribution in [0, 0.1) is 6.92 Å². The Hall–Kier alpha value is -1.10. The molecule has 0 radical (unpaired) electrons. The first-order chi connectivity index (χ1) is 6.18. The second-order valence-electron chi connectivity index (χ2n) is 3.11. The van der Waals surface area contributed by atoms with Gasteiger partial charge in [-0.25, -0.2) is 4.98 Å². The molecule has 2 heterocycles. The fraction of sp³-hybridized carbons (Fsp3) is 0.500. The van der Waals surface area contributed by atoms with E-state index in [0.717, 1.165) is 25.2 Å². The fourth-order valence-corrected chi connectivity index (χ4v) is 2.08. The molecule has 0 aliphatic carbocycles. The van der Waals surface area contributed by atoms with Crippen molar-refractivity contribution in [1.29, 1.82) is 0 Å². The smallest absolute Gasteiger partial charge is 0.265 e. The number of nitrogens with zero attached hydrogens (tertiary/aromatic N) is 2. The van der Waals surface area contributed by atoms with Crippen LogP contribution in [0.1, 0.15) is 21.8 Å². The largest absolute Gasteiger partial charge is 0.375 e. The molecule has 0 saturated carbocycles. The van der Waals surface area contributed by atoms with Crippen LogP contribution in [0.25, 0.3) is 0 Å². The van der Waals surface area contributed by atoms with E-state index in [0.29, 0.717) is 10.0 Å². The number of amides is 1. The van der Waals surface area contributed by atoms with Gasteiger partial charge in [0.15, 0.2) is 5.13 Å². The molecule has 0 atom stereocenters. The van der Waals surface area contributed by atoms with E-state index in [2.05, 4.69) is 4.98 Å². The minimum absolute atomic E-state index is 0.0814. The van der Waals surface area contributed by atoms with Crippen LogP contribution >= 0.6 is 11.3 Å². The normalized spacial score (nSPS) is 15.6. The van der Waals surface area contributed by atoms with Crippen molar-refractivity contribution >= 4 is 22.4 Å². The van der Waals surface area contributed by atoms with E-state index >= 15 is 0 Å². The number of thiazole rings is 1. The molecule has 1 fully saturated rings. The molecule has 0 unspecified atom stereocenters. The number of hydrogen-bond acceptors (Lipinski definition) is 4. The first-order valence-corrected chi connectivity index (χ1v) is 5.02. The number of anilines is 1. The molecule has 1 aliphatic rings. The lowest BCUT2D eigenvalue weighted by Gasteiger charge is -2.30. The molecule has 1 aliphatic heterocycles. The fourth-order valence-electron chi connectivity index (χ4n) is 1.28. The average molecular weight is 197 g/mol. The predicted octanol–water partition coefficient (Wildman–Crippen LogP) is 0.880. The lowest BCUT2D eigenvalue weighted by atomic mass is 10.2. The summed E-state index contributed by atoms with van der Waals surface area (Å²) in [4.78, 5) is 18.2. The van der Waals surface area contributed by atoms with Crippen LogP contribution in [0.3, 0.4) is 0 Å². The van der Waals surface area contributed by atoms with Crippen LogP contribution in [0.5, 0.6) is 0 Å². The number of rotatable bonds is 1. The summed E-state index contributed by atoms with van der Waals surface area (Å²) in [7, 11) is 0. The summed E-state index contributed by atoms with van der Waals surface area (Å²) in [6.07, 6.45) is 1.11. The van der Waals surface area contributed by atoms with Crippen molar-refractivity contribution in [2.24, 2.45) is 0 Å². The Labute approximate surface area is 80.4 Å². The highest BCUT2D eigenvalue weighted by atomic mass is 32.1. The van der Waals surface area contributed by atoms with Crippen LogP contribution in [0.4, 0.5) is 5.13 Å². The molecule has 5 heteroatoms. The standard InChI is InChI=1S/C8H11N3OS/c1-5-6(13-8(9)10-5)7(12)11-3-2-4-11/h2-4H2,1H3,(H2,9,10). The van der Waals surface area contributed by atoms with E-state index in [-0.39, 0.29) is 5.91 Å². The van der Waals surface area contributed by atoms with Gasteiger partial charge in [0, 0.05) is 13.1 Å². The lowest BCUT2D eigenvalue weighted by Crippen LogP contribution is -2.41. The highest BCUT2D eigenvalue weighted by Gasteiger charge is 2.24. The third-order valence-corrected chi connectivity index (χ3v) is 3.13. The zero-order valence-corrected chi connectivity index (χ0v) is 8.23. The number of aromatic nitrogens is 1. The highest BCUT2D eigenvalue weighted by molar-refractivity contribution is 7.17. The number of carbonyl (C=O) groups is 1. The van der Waals surface area contributed by atoms with E-state index in [9.17, 15) is 4.79 Å². The third-order valence-electron chi connectivity index (χ3n) is 2.15. The van der Waals surface area contributed by atoms with Crippen LogP contribution in [0.15, 0.2) is 0 Å². The quantitative estimate of drug-likeness (QED) is 0.727. The van der Waals surface area contributed by atoms with Gasteiger partial charge in [-0.1, -0.05) is 11.3 Å². The van der Waals surface area contributed by atoms with Crippen molar-refractivity contribution in [3.63, 3.8) is 0 Å². The maximum Gasteiger partial charge on any atom is 0.265 e. The Morgan fingerprint density at radius 2 is 2.31 bits per heavy atom. The summed E-state index contributed by atoms with van der Waals surface area (Å²) in [6.45, 7) is 3.56. The molecular weight excluding hydrogens is 186 g/mol. The van der Waals surface area contributed by atoms with Crippen molar-refractivity contribution in [1.82, 2.24) is 9.88 Å². The van der Waals surface area contributed by atoms with Crippen molar-refractivity contribution in [3.05, 3.63) is 10.6 Å². The SMILES string of the molecule is Cc1nc(N)sc1C(=O)N1CCC1. The molecule has 1 saturated heterocycles. The van der Waals surface area contributed by atoms with Gasteiger partial charge in [-0.3, -0.25) is 4.79 Å². The molecular formula is C8H11N3OS. The van der Waals surface area contributed by atoms with E-state index in [1.54, 1.807) is 0 Å². The van der Waals surface area contributed by atoms with Crippen LogP contribution in [-0.4, -0.2) is 28.9 Å². The van der Waals surface area contributed by atoms with Crippen molar-refractivity contribution in [3.8, 4) is 0 Å². The number of hydrogen-bond donors (Lipinski definition) is 1. The number of nitrogen functional groups attached to an aromatic ring is 1. The predicted molar refractivity (Wildman–Crippen MR) is 51.8 cm³/mol. The molecule has 13 heavy (non-hydrogen) atoms. The summed E-state index contributed by atoms with van der Waals surface area (Å²) in [6, 6.07) is 0. The second kappa shape index (κ2) is 2.99. The third kappa shape index (κ3) is 1.39. The van der Waals surface area contributed by atoms with Crippen molar-refractivity contribution in [2.45, 2.75) is 13.3 Å². The average Bonchev–Trinajstić information content (AvgIpc) is 2.26. The Kier molecular flexibility index (Phi) is 1.95. The van der Waals surface area contributed by atoms with Crippen LogP contribution < -0.4 is 5.73 Å².